The largest absolute Gasteiger partial charge is 0.298 e. The van der Waals surface area contributed by atoms with Crippen LogP contribution in [-0.2, 0) is 0 Å². The molecule has 138 valence electrons. The number of benzene rings is 2. The van der Waals surface area contributed by atoms with Crippen molar-refractivity contribution in [2.75, 3.05) is 5.32 Å². The van der Waals surface area contributed by atoms with Crippen molar-refractivity contribution in [3.05, 3.63) is 90.1 Å². The Balaban J connectivity index is 1.68. The highest BCUT2D eigenvalue weighted by atomic mass is 16.1. The number of nitrogens with zero attached hydrogens (tertiary/aromatic N) is 2. The number of aldehydes is 1. The van der Waals surface area contributed by atoms with Crippen LogP contribution in [0.5, 0.6) is 0 Å². The minimum Gasteiger partial charge on any atom is -0.298 e. The predicted octanol–water partition coefficient (Wildman–Crippen LogP) is 4.81. The van der Waals surface area contributed by atoms with E-state index < -0.39 is 0 Å². The first kappa shape index (κ1) is 17.7. The number of carbonyl (C=O) groups is 2. The SMILES string of the molecule is O=Cc1ccc(C(=O)Nc2nc(-c3ccccc3)cn2C2=CC=CCC2)cc1. The number of allylic oxidation sites excluding steroid dienone is 4. The predicted molar refractivity (Wildman–Crippen MR) is 110 cm³/mol. The summed E-state index contributed by atoms with van der Waals surface area (Å²) in [5.74, 6) is 0.209. The lowest BCUT2D eigenvalue weighted by Crippen LogP contribution is -2.16. The summed E-state index contributed by atoms with van der Waals surface area (Å²) in [5, 5.41) is 2.91. The maximum absolute atomic E-state index is 12.7. The number of hydrogen-bond acceptors (Lipinski definition) is 3. The van der Waals surface area contributed by atoms with Crippen LogP contribution in [0.15, 0.2) is 79.0 Å². The van der Waals surface area contributed by atoms with E-state index in [9.17, 15) is 9.59 Å². The van der Waals surface area contributed by atoms with Gasteiger partial charge in [-0.25, -0.2) is 4.98 Å². The van der Waals surface area contributed by atoms with Crippen LogP contribution in [0.25, 0.3) is 17.0 Å². The van der Waals surface area contributed by atoms with Crippen molar-refractivity contribution < 1.29 is 9.59 Å². The van der Waals surface area contributed by atoms with Crippen molar-refractivity contribution in [1.82, 2.24) is 9.55 Å². The molecule has 0 aliphatic heterocycles. The van der Waals surface area contributed by atoms with Gasteiger partial charge >= 0.3 is 0 Å². The van der Waals surface area contributed by atoms with E-state index in [0.717, 1.165) is 36.1 Å². The first-order valence-electron chi connectivity index (χ1n) is 9.12. The maximum atomic E-state index is 12.7. The van der Waals surface area contributed by atoms with E-state index in [0.29, 0.717) is 17.1 Å². The van der Waals surface area contributed by atoms with Crippen LogP contribution >= 0.6 is 0 Å². The van der Waals surface area contributed by atoms with E-state index in [2.05, 4.69) is 16.4 Å². The van der Waals surface area contributed by atoms with Gasteiger partial charge in [-0.15, -0.1) is 0 Å². The molecule has 1 aromatic heterocycles. The fraction of sp³-hybridized carbons (Fsp3) is 0.0870. The highest BCUT2D eigenvalue weighted by molar-refractivity contribution is 6.04. The Kier molecular flexibility index (Phi) is 4.97. The van der Waals surface area contributed by atoms with Gasteiger partial charge < -0.3 is 0 Å². The Bertz CT molecular complexity index is 1060. The number of aromatic nitrogens is 2. The molecule has 1 N–H and O–H groups in total. The van der Waals surface area contributed by atoms with E-state index in [4.69, 9.17) is 0 Å². The summed E-state index contributed by atoms with van der Waals surface area (Å²) in [6.07, 6.45) is 10.7. The van der Waals surface area contributed by atoms with Gasteiger partial charge in [0.15, 0.2) is 0 Å². The third-order valence-corrected chi connectivity index (χ3v) is 4.61. The number of imidazole rings is 1. The molecule has 0 bridgehead atoms. The van der Waals surface area contributed by atoms with Gasteiger partial charge in [-0.2, -0.15) is 0 Å². The van der Waals surface area contributed by atoms with Gasteiger partial charge in [-0.1, -0.05) is 54.6 Å². The van der Waals surface area contributed by atoms with Crippen LogP contribution in [-0.4, -0.2) is 21.7 Å². The lowest BCUT2D eigenvalue weighted by molar-refractivity contribution is 0.102. The number of rotatable bonds is 5. The third-order valence-electron chi connectivity index (χ3n) is 4.61. The first-order valence-corrected chi connectivity index (χ1v) is 9.12. The van der Waals surface area contributed by atoms with Gasteiger partial charge in [0.1, 0.15) is 6.29 Å². The van der Waals surface area contributed by atoms with Gasteiger partial charge in [-0.05, 0) is 31.1 Å². The molecule has 1 amide bonds. The van der Waals surface area contributed by atoms with Crippen LogP contribution in [0, 0.1) is 0 Å². The lowest BCUT2D eigenvalue weighted by Gasteiger charge is -2.13. The quantitative estimate of drug-likeness (QED) is 0.657. The zero-order chi connectivity index (χ0) is 19.3. The summed E-state index contributed by atoms with van der Waals surface area (Å²) in [6.45, 7) is 0. The molecule has 4 rings (SSSR count). The van der Waals surface area contributed by atoms with Crippen LogP contribution < -0.4 is 5.32 Å². The fourth-order valence-corrected chi connectivity index (χ4v) is 3.11. The molecule has 0 atom stereocenters. The molecule has 2 aromatic carbocycles. The van der Waals surface area contributed by atoms with E-state index in [1.54, 1.807) is 24.3 Å². The smallest absolute Gasteiger partial charge is 0.257 e. The number of carbonyl (C=O) groups excluding carboxylic acids is 2. The molecular formula is C23H19N3O2. The molecule has 0 saturated carbocycles. The van der Waals surface area contributed by atoms with Crippen molar-refractivity contribution >= 4 is 23.8 Å². The lowest BCUT2D eigenvalue weighted by atomic mass is 10.1. The summed E-state index contributed by atoms with van der Waals surface area (Å²) in [7, 11) is 0. The van der Waals surface area contributed by atoms with Crippen LogP contribution in [0.4, 0.5) is 5.95 Å². The third kappa shape index (κ3) is 3.69. The van der Waals surface area contributed by atoms with E-state index in [1.165, 1.54) is 0 Å². The monoisotopic (exact) mass is 369 g/mol. The zero-order valence-corrected chi connectivity index (χ0v) is 15.2. The summed E-state index contributed by atoms with van der Waals surface area (Å²) in [5.41, 5.74) is 3.85. The molecule has 5 nitrogen and oxygen atoms in total. The Morgan fingerprint density at radius 1 is 1.07 bits per heavy atom. The zero-order valence-electron chi connectivity index (χ0n) is 15.2. The maximum Gasteiger partial charge on any atom is 0.257 e. The average Bonchev–Trinajstić information content (AvgIpc) is 3.19. The van der Waals surface area contributed by atoms with Gasteiger partial charge in [0.05, 0.1) is 5.69 Å². The Morgan fingerprint density at radius 2 is 1.86 bits per heavy atom. The van der Waals surface area contributed by atoms with Gasteiger partial charge in [0.25, 0.3) is 5.91 Å². The minimum atomic E-state index is -0.268. The van der Waals surface area contributed by atoms with Crippen molar-refractivity contribution in [3.63, 3.8) is 0 Å². The number of amides is 1. The van der Waals surface area contributed by atoms with Crippen molar-refractivity contribution in [2.45, 2.75) is 12.8 Å². The molecule has 0 radical (unpaired) electrons. The second-order valence-electron chi connectivity index (χ2n) is 6.50. The Labute approximate surface area is 163 Å². The summed E-state index contributed by atoms with van der Waals surface area (Å²) >= 11 is 0. The molecule has 5 heteroatoms. The second-order valence-corrected chi connectivity index (χ2v) is 6.50. The molecule has 3 aromatic rings. The van der Waals surface area contributed by atoms with Crippen molar-refractivity contribution in [1.29, 1.82) is 0 Å². The molecule has 28 heavy (non-hydrogen) atoms. The number of hydrogen-bond donors (Lipinski definition) is 1. The molecule has 0 fully saturated rings. The highest BCUT2D eigenvalue weighted by Gasteiger charge is 2.16. The minimum absolute atomic E-state index is 0.268. The molecular weight excluding hydrogens is 350 g/mol. The van der Waals surface area contributed by atoms with Gasteiger partial charge in [-0.3, -0.25) is 19.5 Å². The molecule has 0 spiro atoms. The number of anilines is 1. The molecule has 0 saturated heterocycles. The van der Waals surface area contributed by atoms with Crippen LogP contribution in [0.1, 0.15) is 33.6 Å². The van der Waals surface area contributed by atoms with Crippen molar-refractivity contribution in [3.8, 4) is 11.3 Å². The normalized spacial score (nSPS) is 13.1. The van der Waals surface area contributed by atoms with Gasteiger partial charge in [0.2, 0.25) is 5.95 Å². The molecule has 1 aliphatic carbocycles. The fourth-order valence-electron chi connectivity index (χ4n) is 3.11. The summed E-state index contributed by atoms with van der Waals surface area (Å²) in [4.78, 5) is 28.2. The molecule has 1 aliphatic rings. The van der Waals surface area contributed by atoms with Crippen LogP contribution in [0.3, 0.4) is 0 Å². The number of nitrogens with one attached hydrogen (secondary N) is 1. The topological polar surface area (TPSA) is 64.0 Å². The molecule has 1 heterocycles. The van der Waals surface area contributed by atoms with E-state index in [1.807, 2.05) is 53.2 Å². The standard InChI is InChI=1S/C23H19N3O2/c27-16-17-11-13-19(14-12-17)22(28)25-23-24-21(18-7-3-1-4-8-18)15-26(23)20-9-5-2-6-10-20/h1-5,7-9,11-16H,6,10H2,(H,24,25,28). The first-order chi connectivity index (χ1) is 13.7. The Morgan fingerprint density at radius 3 is 2.54 bits per heavy atom. The summed E-state index contributed by atoms with van der Waals surface area (Å²) in [6, 6.07) is 16.4. The second kappa shape index (κ2) is 7.88. The average molecular weight is 369 g/mol. The highest BCUT2D eigenvalue weighted by Crippen LogP contribution is 2.27. The molecule has 0 unspecified atom stereocenters. The summed E-state index contributed by atoms with van der Waals surface area (Å²) < 4.78 is 1.93. The van der Waals surface area contributed by atoms with E-state index >= 15 is 0 Å². The Hall–Kier alpha value is -3.73. The van der Waals surface area contributed by atoms with Crippen molar-refractivity contribution in [2.24, 2.45) is 0 Å². The van der Waals surface area contributed by atoms with Gasteiger partial charge in [0, 0.05) is 28.6 Å². The van der Waals surface area contributed by atoms with E-state index in [-0.39, 0.29) is 5.91 Å². The van der Waals surface area contributed by atoms with Crippen LogP contribution in [0.2, 0.25) is 0 Å².